The fourth-order valence-electron chi connectivity index (χ4n) is 2.94. The molecule has 8 heteroatoms. The van der Waals surface area contributed by atoms with Gasteiger partial charge in [0, 0.05) is 24.7 Å². The van der Waals surface area contributed by atoms with Crippen LogP contribution in [0, 0.1) is 13.8 Å². The highest BCUT2D eigenvalue weighted by Gasteiger charge is 2.38. The van der Waals surface area contributed by atoms with Crippen molar-refractivity contribution in [3.63, 3.8) is 0 Å². The smallest absolute Gasteiger partial charge is 0.249 e. The first kappa shape index (κ1) is 16.4. The van der Waals surface area contributed by atoms with E-state index in [4.69, 9.17) is 16.1 Å². The molecule has 1 N–H and O–H groups in total. The molecule has 0 aliphatic carbocycles. The normalized spacial score (nSPS) is 19.9. The number of nitrogens with zero attached hydrogens (tertiary/aromatic N) is 2. The number of aromatic nitrogens is 1. The van der Waals surface area contributed by atoms with Crippen molar-refractivity contribution in [3.05, 3.63) is 46.3 Å². The molecule has 6 nitrogen and oxygen atoms in total. The molecule has 0 spiro atoms. The number of halogens is 1. The van der Waals surface area contributed by atoms with Crippen molar-refractivity contribution in [1.29, 1.82) is 0 Å². The molecular weight excluding hydrogens is 338 g/mol. The summed E-state index contributed by atoms with van der Waals surface area (Å²) < 4.78 is 32.8. The number of piperazine rings is 1. The molecule has 23 heavy (non-hydrogen) atoms. The van der Waals surface area contributed by atoms with Gasteiger partial charge in [0.15, 0.2) is 5.76 Å². The molecule has 1 fully saturated rings. The van der Waals surface area contributed by atoms with Gasteiger partial charge in [-0.05, 0) is 25.5 Å². The fourth-order valence-corrected chi connectivity index (χ4v) is 5.11. The predicted octanol–water partition coefficient (Wildman–Crippen LogP) is 2.28. The second kappa shape index (κ2) is 6.24. The summed E-state index contributed by atoms with van der Waals surface area (Å²) in [5.41, 5.74) is 1.16. The Kier molecular flexibility index (Phi) is 4.46. The molecule has 0 saturated carbocycles. The van der Waals surface area contributed by atoms with Crippen LogP contribution in [0.15, 0.2) is 33.7 Å². The third-order valence-electron chi connectivity index (χ3n) is 3.99. The molecule has 0 bridgehead atoms. The molecule has 1 unspecified atom stereocenters. The van der Waals surface area contributed by atoms with E-state index in [2.05, 4.69) is 10.5 Å². The fraction of sp³-hybridized carbons (Fsp3) is 0.400. The van der Waals surface area contributed by atoms with Crippen molar-refractivity contribution in [3.8, 4) is 0 Å². The topological polar surface area (TPSA) is 75.4 Å². The molecule has 3 rings (SSSR count). The maximum Gasteiger partial charge on any atom is 0.249 e. The second-order valence-corrected chi connectivity index (χ2v) is 7.75. The van der Waals surface area contributed by atoms with Crippen LogP contribution in [0.25, 0.3) is 0 Å². The van der Waals surface area contributed by atoms with Gasteiger partial charge in [0.05, 0.1) is 6.04 Å². The number of benzene rings is 1. The zero-order chi connectivity index (χ0) is 16.6. The Hall–Kier alpha value is -1.41. The van der Waals surface area contributed by atoms with E-state index in [1.807, 2.05) is 18.2 Å². The summed E-state index contributed by atoms with van der Waals surface area (Å²) in [5, 5.41) is 7.56. The third kappa shape index (κ3) is 2.89. The molecule has 124 valence electrons. The van der Waals surface area contributed by atoms with Gasteiger partial charge >= 0.3 is 0 Å². The summed E-state index contributed by atoms with van der Waals surface area (Å²) in [4.78, 5) is 0.149. The van der Waals surface area contributed by atoms with Crippen molar-refractivity contribution in [2.45, 2.75) is 24.8 Å². The minimum atomic E-state index is -3.72. The summed E-state index contributed by atoms with van der Waals surface area (Å²) in [6.07, 6.45) is 0. The Labute approximate surface area is 140 Å². The van der Waals surface area contributed by atoms with Crippen molar-refractivity contribution in [1.82, 2.24) is 14.8 Å². The lowest BCUT2D eigenvalue weighted by molar-refractivity contribution is 0.271. The SMILES string of the molecule is Cc1noc(C)c1S(=O)(=O)N1CCNCC1c1ccccc1Cl. The quantitative estimate of drug-likeness (QED) is 0.914. The van der Waals surface area contributed by atoms with Crippen LogP contribution in [-0.4, -0.2) is 37.5 Å². The first-order valence-corrected chi connectivity index (χ1v) is 9.14. The number of nitrogens with one attached hydrogen (secondary N) is 1. The van der Waals surface area contributed by atoms with Gasteiger partial charge in [0.1, 0.15) is 10.6 Å². The van der Waals surface area contributed by atoms with E-state index < -0.39 is 10.0 Å². The van der Waals surface area contributed by atoms with Crippen molar-refractivity contribution in [2.75, 3.05) is 19.6 Å². The van der Waals surface area contributed by atoms with Crippen LogP contribution >= 0.6 is 11.6 Å². The zero-order valence-electron chi connectivity index (χ0n) is 12.9. The van der Waals surface area contributed by atoms with Gasteiger partial charge in [-0.2, -0.15) is 4.31 Å². The predicted molar refractivity (Wildman–Crippen MR) is 86.9 cm³/mol. The molecule has 2 aromatic rings. The molecule has 0 radical (unpaired) electrons. The summed E-state index contributed by atoms with van der Waals surface area (Å²) in [5.74, 6) is 0.305. The molecular formula is C15H18ClN3O3S. The standard InChI is InChI=1S/C15H18ClN3O3S/c1-10-15(11(2)22-18-10)23(20,21)19-8-7-17-9-14(19)12-5-3-4-6-13(12)16/h3-6,14,17H,7-9H2,1-2H3. The molecule has 0 amide bonds. The van der Waals surface area contributed by atoms with Gasteiger partial charge in [-0.3, -0.25) is 0 Å². The summed E-state index contributed by atoms with van der Waals surface area (Å²) in [6.45, 7) is 4.70. The van der Waals surface area contributed by atoms with Crippen LogP contribution in [0.4, 0.5) is 0 Å². The lowest BCUT2D eigenvalue weighted by Gasteiger charge is -2.35. The Bertz CT molecular complexity index is 800. The Morgan fingerprint density at radius 2 is 2.09 bits per heavy atom. The molecule has 1 aromatic heterocycles. The third-order valence-corrected chi connectivity index (χ3v) is 6.49. The molecule has 1 aliphatic rings. The highest BCUT2D eigenvalue weighted by atomic mass is 35.5. The number of sulfonamides is 1. The second-order valence-electron chi connectivity index (χ2n) is 5.51. The van der Waals surface area contributed by atoms with E-state index in [0.29, 0.717) is 36.1 Å². The van der Waals surface area contributed by atoms with Crippen molar-refractivity contribution >= 4 is 21.6 Å². The van der Waals surface area contributed by atoms with E-state index in [1.54, 1.807) is 19.9 Å². The van der Waals surface area contributed by atoms with E-state index in [1.165, 1.54) is 4.31 Å². The summed E-state index contributed by atoms with van der Waals surface area (Å²) in [6, 6.07) is 6.95. The van der Waals surface area contributed by atoms with Gasteiger partial charge in [0.25, 0.3) is 0 Å². The monoisotopic (exact) mass is 355 g/mol. The van der Waals surface area contributed by atoms with Gasteiger partial charge < -0.3 is 9.84 Å². The van der Waals surface area contributed by atoms with Crippen LogP contribution in [0.1, 0.15) is 23.1 Å². The van der Waals surface area contributed by atoms with E-state index >= 15 is 0 Å². The van der Waals surface area contributed by atoms with Crippen LogP contribution < -0.4 is 5.32 Å². The molecule has 1 saturated heterocycles. The van der Waals surface area contributed by atoms with Crippen LogP contribution in [0.2, 0.25) is 5.02 Å². The first-order chi connectivity index (χ1) is 10.9. The molecule has 1 atom stereocenters. The lowest BCUT2D eigenvalue weighted by Crippen LogP contribution is -2.48. The van der Waals surface area contributed by atoms with Gasteiger partial charge in [0.2, 0.25) is 10.0 Å². The van der Waals surface area contributed by atoms with E-state index in [9.17, 15) is 8.42 Å². The van der Waals surface area contributed by atoms with E-state index in [0.717, 1.165) is 5.56 Å². The summed E-state index contributed by atoms with van der Waals surface area (Å²) >= 11 is 6.28. The zero-order valence-corrected chi connectivity index (χ0v) is 14.5. The van der Waals surface area contributed by atoms with E-state index in [-0.39, 0.29) is 10.9 Å². The maximum absolute atomic E-state index is 13.1. The van der Waals surface area contributed by atoms with Gasteiger partial charge in [-0.1, -0.05) is 35.0 Å². The Morgan fingerprint density at radius 1 is 1.35 bits per heavy atom. The lowest BCUT2D eigenvalue weighted by atomic mass is 10.1. The van der Waals surface area contributed by atoms with Crippen molar-refractivity contribution < 1.29 is 12.9 Å². The van der Waals surface area contributed by atoms with Gasteiger partial charge in [-0.15, -0.1) is 0 Å². The number of hydrogen-bond acceptors (Lipinski definition) is 5. The number of hydrogen-bond donors (Lipinski definition) is 1. The van der Waals surface area contributed by atoms with Crippen LogP contribution in [0.5, 0.6) is 0 Å². The Morgan fingerprint density at radius 3 is 2.74 bits per heavy atom. The Balaban J connectivity index is 2.07. The van der Waals surface area contributed by atoms with Crippen LogP contribution in [0.3, 0.4) is 0 Å². The maximum atomic E-state index is 13.1. The number of aryl methyl sites for hydroxylation is 2. The van der Waals surface area contributed by atoms with Crippen LogP contribution in [-0.2, 0) is 10.0 Å². The highest BCUT2D eigenvalue weighted by molar-refractivity contribution is 7.89. The number of rotatable bonds is 3. The average molecular weight is 356 g/mol. The minimum absolute atomic E-state index is 0.149. The minimum Gasteiger partial charge on any atom is -0.360 e. The first-order valence-electron chi connectivity index (χ1n) is 7.33. The average Bonchev–Trinajstić information content (AvgIpc) is 2.87. The largest absolute Gasteiger partial charge is 0.360 e. The molecule has 2 heterocycles. The summed E-state index contributed by atoms with van der Waals surface area (Å²) in [7, 11) is -3.72. The van der Waals surface area contributed by atoms with Gasteiger partial charge in [-0.25, -0.2) is 8.42 Å². The molecule has 1 aliphatic heterocycles. The van der Waals surface area contributed by atoms with Crippen molar-refractivity contribution in [2.24, 2.45) is 0 Å². The molecule has 1 aromatic carbocycles. The highest BCUT2D eigenvalue weighted by Crippen LogP contribution is 2.34.